The molecule has 2 heterocycles. The molecule has 1 aromatic rings. The summed E-state index contributed by atoms with van der Waals surface area (Å²) in [6.07, 6.45) is 2.44. The number of rotatable bonds is 2. The van der Waals surface area contributed by atoms with Gasteiger partial charge in [0.25, 0.3) is 5.91 Å². The number of nitrogens with zero attached hydrogens (tertiary/aromatic N) is 1. The first-order chi connectivity index (χ1) is 7.61. The number of nitrogens with one attached hydrogen (secondary N) is 1. The molecule has 2 rings (SSSR count). The maximum Gasteiger partial charge on any atom is 0.271 e. The molecule has 5 heteroatoms. The van der Waals surface area contributed by atoms with Crippen molar-refractivity contribution in [2.45, 2.75) is 18.9 Å². The maximum absolute atomic E-state index is 12.0. The van der Waals surface area contributed by atoms with Crippen LogP contribution >= 0.6 is 15.9 Å². The molecule has 1 N–H and O–H groups in total. The summed E-state index contributed by atoms with van der Waals surface area (Å²) in [5, 5.41) is 2.96. The molecule has 1 aliphatic heterocycles. The molecule has 1 unspecified atom stereocenters. The van der Waals surface area contributed by atoms with Gasteiger partial charge in [0, 0.05) is 17.3 Å². The molecule has 0 aromatic carbocycles. The molecule has 0 spiro atoms. The number of ether oxygens (including phenoxy) is 1. The van der Waals surface area contributed by atoms with E-state index >= 15 is 0 Å². The fourth-order valence-electron chi connectivity index (χ4n) is 1.65. The van der Waals surface area contributed by atoms with Gasteiger partial charge in [-0.2, -0.15) is 0 Å². The van der Waals surface area contributed by atoms with Crippen LogP contribution in [0.4, 0.5) is 0 Å². The van der Waals surface area contributed by atoms with Crippen molar-refractivity contribution in [2.24, 2.45) is 0 Å². The van der Waals surface area contributed by atoms with Crippen LogP contribution in [0, 0.1) is 0 Å². The fraction of sp³-hybridized carbons (Fsp3) is 0.455. The lowest BCUT2D eigenvalue weighted by Gasteiger charge is -2.23. The normalized spacial score (nSPS) is 24.4. The summed E-state index contributed by atoms with van der Waals surface area (Å²) in [4.78, 5) is 16.0. The molecule has 1 saturated heterocycles. The van der Waals surface area contributed by atoms with Gasteiger partial charge in [-0.05, 0) is 41.4 Å². The lowest BCUT2D eigenvalue weighted by molar-refractivity contribution is 0.0884. The van der Waals surface area contributed by atoms with Crippen molar-refractivity contribution in [3.05, 3.63) is 28.5 Å². The minimum atomic E-state index is -0.270. The monoisotopic (exact) mass is 284 g/mol. The van der Waals surface area contributed by atoms with Gasteiger partial charge in [0.05, 0.1) is 12.1 Å². The van der Waals surface area contributed by atoms with Crippen LogP contribution in [-0.2, 0) is 4.74 Å². The Morgan fingerprint density at radius 2 is 2.50 bits per heavy atom. The topological polar surface area (TPSA) is 51.2 Å². The molecule has 0 radical (unpaired) electrons. The first kappa shape index (κ1) is 11.5. The van der Waals surface area contributed by atoms with Crippen molar-refractivity contribution < 1.29 is 9.53 Å². The average Bonchev–Trinajstić information content (AvgIpc) is 2.65. The highest BCUT2D eigenvalue weighted by molar-refractivity contribution is 9.10. The van der Waals surface area contributed by atoms with Gasteiger partial charge in [-0.3, -0.25) is 4.79 Å². The largest absolute Gasteiger partial charge is 0.379 e. The third-order valence-corrected chi connectivity index (χ3v) is 3.25. The van der Waals surface area contributed by atoms with E-state index in [0.29, 0.717) is 23.4 Å². The number of amides is 1. The summed E-state index contributed by atoms with van der Waals surface area (Å²) in [6.45, 7) is 3.23. The highest BCUT2D eigenvalue weighted by atomic mass is 79.9. The van der Waals surface area contributed by atoms with E-state index in [0.717, 1.165) is 6.42 Å². The molecule has 1 aromatic heterocycles. The second kappa shape index (κ2) is 4.51. The SMILES string of the molecule is CC1(NC(=O)c2ncccc2Br)CCOC1. The predicted molar refractivity (Wildman–Crippen MR) is 63.2 cm³/mol. The second-order valence-corrected chi connectivity index (χ2v) is 5.01. The number of hydrogen-bond acceptors (Lipinski definition) is 3. The number of carbonyl (C=O) groups is 1. The van der Waals surface area contributed by atoms with Crippen LogP contribution in [0.25, 0.3) is 0 Å². The van der Waals surface area contributed by atoms with E-state index < -0.39 is 0 Å². The van der Waals surface area contributed by atoms with Crippen molar-refractivity contribution in [3.63, 3.8) is 0 Å². The molecular formula is C11H13BrN2O2. The fourth-order valence-corrected chi connectivity index (χ4v) is 2.09. The standard InChI is InChI=1S/C11H13BrN2O2/c1-11(4-6-16-7-11)14-10(15)9-8(12)3-2-5-13-9/h2-3,5H,4,6-7H2,1H3,(H,14,15). The molecular weight excluding hydrogens is 272 g/mol. The molecule has 4 nitrogen and oxygen atoms in total. The van der Waals surface area contributed by atoms with Gasteiger partial charge in [-0.15, -0.1) is 0 Å². The summed E-state index contributed by atoms with van der Waals surface area (Å²) < 4.78 is 5.98. The van der Waals surface area contributed by atoms with Gasteiger partial charge in [0.1, 0.15) is 5.69 Å². The zero-order valence-corrected chi connectivity index (χ0v) is 10.6. The van der Waals surface area contributed by atoms with Crippen LogP contribution in [0.3, 0.4) is 0 Å². The van der Waals surface area contributed by atoms with Gasteiger partial charge in [-0.1, -0.05) is 0 Å². The summed E-state index contributed by atoms with van der Waals surface area (Å²) in [7, 11) is 0. The van der Waals surface area contributed by atoms with Gasteiger partial charge in [0.15, 0.2) is 0 Å². The van der Waals surface area contributed by atoms with E-state index in [-0.39, 0.29) is 11.4 Å². The minimum absolute atomic E-state index is 0.166. The Morgan fingerprint density at radius 1 is 1.69 bits per heavy atom. The smallest absolute Gasteiger partial charge is 0.271 e. The summed E-state index contributed by atoms with van der Waals surface area (Å²) in [6, 6.07) is 3.58. The van der Waals surface area contributed by atoms with E-state index in [9.17, 15) is 4.79 Å². The third kappa shape index (κ3) is 2.41. The van der Waals surface area contributed by atoms with E-state index in [2.05, 4.69) is 26.2 Å². The summed E-state index contributed by atoms with van der Waals surface area (Å²) in [5.41, 5.74) is 0.143. The Morgan fingerprint density at radius 3 is 3.12 bits per heavy atom. The molecule has 1 fully saturated rings. The highest BCUT2D eigenvalue weighted by Gasteiger charge is 2.32. The highest BCUT2D eigenvalue weighted by Crippen LogP contribution is 2.19. The van der Waals surface area contributed by atoms with Crippen molar-refractivity contribution in [2.75, 3.05) is 13.2 Å². The summed E-state index contributed by atoms with van der Waals surface area (Å²) in [5.74, 6) is -0.166. The molecule has 1 amide bonds. The zero-order valence-electron chi connectivity index (χ0n) is 9.00. The number of pyridine rings is 1. The van der Waals surface area contributed by atoms with Gasteiger partial charge >= 0.3 is 0 Å². The molecule has 1 atom stereocenters. The number of aromatic nitrogens is 1. The Bertz CT molecular complexity index is 403. The second-order valence-electron chi connectivity index (χ2n) is 4.15. The van der Waals surface area contributed by atoms with Crippen molar-refractivity contribution in [1.29, 1.82) is 0 Å². The van der Waals surface area contributed by atoms with E-state index in [1.54, 1.807) is 18.3 Å². The molecule has 16 heavy (non-hydrogen) atoms. The first-order valence-corrected chi connectivity index (χ1v) is 5.91. The van der Waals surface area contributed by atoms with Crippen LogP contribution in [0.1, 0.15) is 23.8 Å². The Hall–Kier alpha value is -0.940. The molecule has 1 aliphatic rings. The molecule has 0 aliphatic carbocycles. The Balaban J connectivity index is 2.11. The van der Waals surface area contributed by atoms with Gasteiger partial charge in [0.2, 0.25) is 0 Å². The zero-order chi connectivity index (χ0) is 11.6. The van der Waals surface area contributed by atoms with Crippen molar-refractivity contribution >= 4 is 21.8 Å². The third-order valence-electron chi connectivity index (χ3n) is 2.61. The van der Waals surface area contributed by atoms with Crippen molar-refractivity contribution in [1.82, 2.24) is 10.3 Å². The van der Waals surface area contributed by atoms with Gasteiger partial charge < -0.3 is 10.1 Å². The molecule has 0 bridgehead atoms. The van der Waals surface area contributed by atoms with Crippen LogP contribution in [0.15, 0.2) is 22.8 Å². The number of carbonyl (C=O) groups excluding carboxylic acids is 1. The van der Waals surface area contributed by atoms with Crippen molar-refractivity contribution in [3.8, 4) is 0 Å². The van der Waals surface area contributed by atoms with E-state index in [1.807, 2.05) is 6.92 Å². The van der Waals surface area contributed by atoms with Crippen LogP contribution < -0.4 is 5.32 Å². The van der Waals surface area contributed by atoms with E-state index in [1.165, 1.54) is 0 Å². The average molecular weight is 285 g/mol. The van der Waals surface area contributed by atoms with Gasteiger partial charge in [-0.25, -0.2) is 4.98 Å². The quantitative estimate of drug-likeness (QED) is 0.900. The Labute approximate surface area is 103 Å². The maximum atomic E-state index is 12.0. The van der Waals surface area contributed by atoms with Crippen LogP contribution in [0.5, 0.6) is 0 Å². The lowest BCUT2D eigenvalue weighted by atomic mass is 10.0. The first-order valence-electron chi connectivity index (χ1n) is 5.11. The minimum Gasteiger partial charge on any atom is -0.379 e. The van der Waals surface area contributed by atoms with Crippen LogP contribution in [0.2, 0.25) is 0 Å². The number of halogens is 1. The lowest BCUT2D eigenvalue weighted by Crippen LogP contribution is -2.46. The molecule has 0 saturated carbocycles. The van der Waals surface area contributed by atoms with Crippen LogP contribution in [-0.4, -0.2) is 29.6 Å². The Kier molecular flexibility index (Phi) is 3.25. The van der Waals surface area contributed by atoms with E-state index in [4.69, 9.17) is 4.74 Å². The number of hydrogen-bond donors (Lipinski definition) is 1. The molecule has 86 valence electrons. The predicted octanol–water partition coefficient (Wildman–Crippen LogP) is 1.75. The summed E-state index contributed by atoms with van der Waals surface area (Å²) >= 11 is 3.31.